The molecule has 0 radical (unpaired) electrons. The molecule has 1 N–H and O–H groups in total. The van der Waals surface area contributed by atoms with Crippen LogP contribution in [0, 0.1) is 11.8 Å². The van der Waals surface area contributed by atoms with Gasteiger partial charge in [-0.2, -0.15) is 0 Å². The van der Waals surface area contributed by atoms with Gasteiger partial charge in [0.15, 0.2) is 0 Å². The zero-order valence-electron chi connectivity index (χ0n) is 9.92. The molecule has 0 aromatic heterocycles. The monoisotopic (exact) mass is 231 g/mol. The number of amides is 1. The maximum absolute atomic E-state index is 11.8. The van der Waals surface area contributed by atoms with Crippen molar-refractivity contribution in [2.45, 2.75) is 57.9 Å². The summed E-state index contributed by atoms with van der Waals surface area (Å²) >= 11 is 6.02. The second-order valence-corrected chi connectivity index (χ2v) is 5.61. The Balaban J connectivity index is 2.32. The van der Waals surface area contributed by atoms with E-state index in [0.29, 0.717) is 17.3 Å². The molecule has 88 valence electrons. The predicted octanol–water partition coefficient (Wildman–Crippen LogP) is 2.94. The van der Waals surface area contributed by atoms with E-state index in [9.17, 15) is 4.79 Å². The number of hydrogen-bond acceptors (Lipinski definition) is 1. The van der Waals surface area contributed by atoms with E-state index in [1.165, 1.54) is 0 Å². The van der Waals surface area contributed by atoms with Crippen molar-refractivity contribution in [2.24, 2.45) is 11.8 Å². The van der Waals surface area contributed by atoms with Crippen LogP contribution >= 0.6 is 11.6 Å². The minimum Gasteiger partial charge on any atom is -0.353 e. The summed E-state index contributed by atoms with van der Waals surface area (Å²) in [5.41, 5.74) is 0. The standard InChI is InChI=1S/C12H22ClNO/c1-8(2)9(3)12(15)14-11-6-4-10(13)5-7-11/h8-11H,4-7H2,1-3H3,(H,14,15). The van der Waals surface area contributed by atoms with Crippen LogP contribution in [0.1, 0.15) is 46.5 Å². The SMILES string of the molecule is CC(C)C(C)C(=O)NC1CCC(Cl)CC1. The van der Waals surface area contributed by atoms with E-state index in [1.807, 2.05) is 6.92 Å². The predicted molar refractivity (Wildman–Crippen MR) is 64.0 cm³/mol. The summed E-state index contributed by atoms with van der Waals surface area (Å²) in [6, 6.07) is 0.355. The summed E-state index contributed by atoms with van der Waals surface area (Å²) in [4.78, 5) is 11.8. The molecule has 1 aliphatic carbocycles. The Hall–Kier alpha value is -0.240. The van der Waals surface area contributed by atoms with Crippen molar-refractivity contribution in [3.05, 3.63) is 0 Å². The third kappa shape index (κ3) is 4.02. The van der Waals surface area contributed by atoms with Crippen molar-refractivity contribution in [1.29, 1.82) is 0 Å². The number of carbonyl (C=O) groups is 1. The first-order valence-corrected chi connectivity index (χ1v) is 6.38. The quantitative estimate of drug-likeness (QED) is 0.744. The summed E-state index contributed by atoms with van der Waals surface area (Å²) in [7, 11) is 0. The molecule has 1 amide bonds. The van der Waals surface area contributed by atoms with E-state index in [0.717, 1.165) is 25.7 Å². The van der Waals surface area contributed by atoms with Gasteiger partial charge in [0.25, 0.3) is 0 Å². The lowest BCUT2D eigenvalue weighted by Crippen LogP contribution is -2.41. The summed E-state index contributed by atoms with van der Waals surface area (Å²) in [5.74, 6) is 0.719. The molecule has 1 saturated carbocycles. The van der Waals surface area contributed by atoms with Crippen LogP contribution in [0.15, 0.2) is 0 Å². The highest BCUT2D eigenvalue weighted by atomic mass is 35.5. The lowest BCUT2D eigenvalue weighted by atomic mass is 9.92. The summed E-state index contributed by atoms with van der Waals surface area (Å²) in [6.07, 6.45) is 4.13. The Morgan fingerprint density at radius 3 is 2.20 bits per heavy atom. The van der Waals surface area contributed by atoms with Crippen molar-refractivity contribution in [3.8, 4) is 0 Å². The number of carbonyl (C=O) groups excluding carboxylic acids is 1. The normalized spacial score (nSPS) is 28.9. The number of rotatable bonds is 3. The molecule has 1 rings (SSSR count). The summed E-state index contributed by atoms with van der Waals surface area (Å²) in [6.45, 7) is 6.16. The Kier molecular flexibility index (Phi) is 4.91. The summed E-state index contributed by atoms with van der Waals surface area (Å²) < 4.78 is 0. The highest BCUT2D eigenvalue weighted by molar-refractivity contribution is 6.20. The molecule has 1 fully saturated rings. The Bertz CT molecular complexity index is 210. The molecule has 0 saturated heterocycles. The molecule has 1 atom stereocenters. The molecule has 3 heteroatoms. The van der Waals surface area contributed by atoms with E-state index in [-0.39, 0.29) is 11.8 Å². The van der Waals surface area contributed by atoms with Gasteiger partial charge < -0.3 is 5.32 Å². The first-order chi connectivity index (χ1) is 7.00. The van der Waals surface area contributed by atoms with Gasteiger partial charge in [-0.25, -0.2) is 0 Å². The third-order valence-corrected chi connectivity index (χ3v) is 3.85. The number of hydrogen-bond donors (Lipinski definition) is 1. The van der Waals surface area contributed by atoms with E-state index >= 15 is 0 Å². The van der Waals surface area contributed by atoms with E-state index in [4.69, 9.17) is 11.6 Å². The Morgan fingerprint density at radius 2 is 1.73 bits per heavy atom. The molecule has 0 aromatic rings. The zero-order valence-corrected chi connectivity index (χ0v) is 10.7. The van der Waals surface area contributed by atoms with Gasteiger partial charge in [-0.15, -0.1) is 11.6 Å². The molecule has 15 heavy (non-hydrogen) atoms. The molecule has 1 aliphatic rings. The maximum Gasteiger partial charge on any atom is 0.223 e. The van der Waals surface area contributed by atoms with Gasteiger partial charge in [0.2, 0.25) is 5.91 Å². The fourth-order valence-electron chi connectivity index (χ4n) is 1.83. The van der Waals surface area contributed by atoms with Crippen LogP contribution in [0.3, 0.4) is 0 Å². The topological polar surface area (TPSA) is 29.1 Å². The van der Waals surface area contributed by atoms with Crippen LogP contribution < -0.4 is 5.32 Å². The minimum atomic E-state index is 0.110. The third-order valence-electron chi connectivity index (χ3n) is 3.42. The minimum absolute atomic E-state index is 0.110. The van der Waals surface area contributed by atoms with Crippen molar-refractivity contribution < 1.29 is 4.79 Å². The Labute approximate surface area is 97.8 Å². The van der Waals surface area contributed by atoms with Crippen molar-refractivity contribution in [1.82, 2.24) is 5.32 Å². The molecule has 0 aliphatic heterocycles. The largest absolute Gasteiger partial charge is 0.353 e. The average molecular weight is 232 g/mol. The molecular weight excluding hydrogens is 210 g/mol. The van der Waals surface area contributed by atoms with E-state index < -0.39 is 0 Å². The van der Waals surface area contributed by atoms with Crippen LogP contribution in [0.4, 0.5) is 0 Å². The number of nitrogens with one attached hydrogen (secondary N) is 1. The van der Waals surface area contributed by atoms with Crippen molar-refractivity contribution in [3.63, 3.8) is 0 Å². The van der Waals surface area contributed by atoms with Crippen LogP contribution in [-0.4, -0.2) is 17.3 Å². The van der Waals surface area contributed by atoms with Crippen LogP contribution in [0.25, 0.3) is 0 Å². The number of alkyl halides is 1. The van der Waals surface area contributed by atoms with Gasteiger partial charge in [0.05, 0.1) is 0 Å². The van der Waals surface area contributed by atoms with Gasteiger partial charge >= 0.3 is 0 Å². The summed E-state index contributed by atoms with van der Waals surface area (Å²) in [5, 5.41) is 3.44. The highest BCUT2D eigenvalue weighted by Gasteiger charge is 2.23. The molecule has 0 heterocycles. The fraction of sp³-hybridized carbons (Fsp3) is 0.917. The maximum atomic E-state index is 11.8. The van der Waals surface area contributed by atoms with Crippen molar-refractivity contribution in [2.75, 3.05) is 0 Å². The lowest BCUT2D eigenvalue weighted by molar-refractivity contribution is -0.126. The second kappa shape index (κ2) is 5.74. The van der Waals surface area contributed by atoms with Crippen molar-refractivity contribution >= 4 is 17.5 Å². The fourth-order valence-corrected chi connectivity index (χ4v) is 2.08. The van der Waals surface area contributed by atoms with Crippen LogP contribution in [0.2, 0.25) is 0 Å². The number of halogens is 1. The first kappa shape index (κ1) is 12.8. The van der Waals surface area contributed by atoms with Gasteiger partial charge in [-0.05, 0) is 31.6 Å². The van der Waals surface area contributed by atoms with E-state index in [2.05, 4.69) is 19.2 Å². The molecule has 0 spiro atoms. The lowest BCUT2D eigenvalue weighted by Gasteiger charge is -2.27. The van der Waals surface area contributed by atoms with Gasteiger partial charge in [0.1, 0.15) is 0 Å². The molecular formula is C12H22ClNO. The zero-order chi connectivity index (χ0) is 11.4. The van der Waals surface area contributed by atoms with Crippen LogP contribution in [0.5, 0.6) is 0 Å². The second-order valence-electron chi connectivity index (χ2n) is 4.99. The average Bonchev–Trinajstić information content (AvgIpc) is 2.20. The molecule has 2 nitrogen and oxygen atoms in total. The van der Waals surface area contributed by atoms with Crippen LogP contribution in [-0.2, 0) is 4.79 Å². The molecule has 0 aromatic carbocycles. The highest BCUT2D eigenvalue weighted by Crippen LogP contribution is 2.23. The molecule has 0 bridgehead atoms. The smallest absolute Gasteiger partial charge is 0.223 e. The van der Waals surface area contributed by atoms with Gasteiger partial charge in [0, 0.05) is 17.3 Å². The Morgan fingerprint density at radius 1 is 1.20 bits per heavy atom. The van der Waals surface area contributed by atoms with Gasteiger partial charge in [-0.3, -0.25) is 4.79 Å². The van der Waals surface area contributed by atoms with E-state index in [1.54, 1.807) is 0 Å². The van der Waals surface area contributed by atoms with Gasteiger partial charge in [-0.1, -0.05) is 20.8 Å². The molecule has 1 unspecified atom stereocenters. The first-order valence-electron chi connectivity index (χ1n) is 5.95.